The van der Waals surface area contributed by atoms with Crippen molar-refractivity contribution in [1.29, 1.82) is 0 Å². The molecule has 0 unspecified atom stereocenters. The third-order valence-electron chi connectivity index (χ3n) is 2.33. The van der Waals surface area contributed by atoms with E-state index in [9.17, 15) is 19.2 Å². The zero-order valence-electron chi connectivity index (χ0n) is 11.4. The molecule has 0 aromatic rings. The maximum atomic E-state index is 11.1. The summed E-state index contributed by atoms with van der Waals surface area (Å²) in [5.74, 6) is 1.40. The van der Waals surface area contributed by atoms with Gasteiger partial charge in [-0.05, 0) is 0 Å². The van der Waals surface area contributed by atoms with Crippen molar-refractivity contribution in [2.75, 3.05) is 39.3 Å². The quantitative estimate of drug-likeness (QED) is 0.277. The fourth-order valence-electron chi connectivity index (χ4n) is 1.56. The van der Waals surface area contributed by atoms with Crippen molar-refractivity contribution in [2.24, 2.45) is 17.4 Å². The summed E-state index contributed by atoms with van der Waals surface area (Å²) in [6.45, 7) is -1.03. The van der Waals surface area contributed by atoms with Crippen LogP contribution in [0.15, 0.2) is 0 Å². The molecule has 120 valence electrons. The van der Waals surface area contributed by atoms with E-state index < -0.39 is 30.3 Å². The Balaban J connectivity index is 4.56. The van der Waals surface area contributed by atoms with Gasteiger partial charge >= 0.3 is 11.9 Å². The van der Waals surface area contributed by atoms with Gasteiger partial charge in [0, 0.05) is 13.1 Å². The first-order valence-electron chi connectivity index (χ1n) is 5.87. The highest BCUT2D eigenvalue weighted by molar-refractivity contribution is 5.78. The minimum Gasteiger partial charge on any atom is -0.480 e. The first-order valence-corrected chi connectivity index (χ1v) is 5.87. The molecule has 0 atom stereocenters. The zero-order chi connectivity index (χ0) is 16.4. The number of nitrogens with two attached hydrogens (primary N) is 3. The van der Waals surface area contributed by atoms with Crippen LogP contribution in [0.3, 0.4) is 0 Å². The molecule has 11 nitrogen and oxygen atoms in total. The van der Waals surface area contributed by atoms with Gasteiger partial charge in [0.1, 0.15) is 0 Å². The molecule has 0 aromatic heterocycles. The maximum absolute atomic E-state index is 11.1. The predicted octanol–water partition coefficient (Wildman–Crippen LogP) is -3.94. The second-order valence-electron chi connectivity index (χ2n) is 4.24. The third-order valence-corrected chi connectivity index (χ3v) is 2.33. The number of carbonyl (C=O) groups excluding carboxylic acids is 3. The van der Waals surface area contributed by atoms with Gasteiger partial charge in [0.25, 0.3) is 0 Å². The summed E-state index contributed by atoms with van der Waals surface area (Å²) < 4.78 is 0. The van der Waals surface area contributed by atoms with Gasteiger partial charge < -0.3 is 21.4 Å². The SMILES string of the molecule is NOC(=O)CN(CCN(CC(N)=O)CC(=O)O)CC(N)=O. The van der Waals surface area contributed by atoms with E-state index in [1.165, 1.54) is 9.80 Å². The van der Waals surface area contributed by atoms with Crippen LogP contribution in [-0.4, -0.2) is 77.9 Å². The molecule has 0 aliphatic heterocycles. The van der Waals surface area contributed by atoms with Gasteiger partial charge in [0.15, 0.2) is 0 Å². The van der Waals surface area contributed by atoms with Gasteiger partial charge in [-0.3, -0.25) is 24.2 Å². The average molecular weight is 305 g/mol. The van der Waals surface area contributed by atoms with Gasteiger partial charge in [0.2, 0.25) is 11.8 Å². The van der Waals surface area contributed by atoms with Crippen LogP contribution in [0.25, 0.3) is 0 Å². The monoisotopic (exact) mass is 305 g/mol. The number of carboxylic acid groups (broad SMARTS) is 1. The maximum Gasteiger partial charge on any atom is 0.338 e. The van der Waals surface area contributed by atoms with Crippen LogP contribution in [0.2, 0.25) is 0 Å². The van der Waals surface area contributed by atoms with E-state index in [-0.39, 0.29) is 32.7 Å². The van der Waals surface area contributed by atoms with Crippen molar-refractivity contribution in [1.82, 2.24) is 9.80 Å². The van der Waals surface area contributed by atoms with Crippen molar-refractivity contribution in [2.45, 2.75) is 0 Å². The number of primary amides is 2. The van der Waals surface area contributed by atoms with Gasteiger partial charge in [-0.15, -0.1) is 0 Å². The fraction of sp³-hybridized carbons (Fsp3) is 0.600. The fourth-order valence-corrected chi connectivity index (χ4v) is 1.56. The molecule has 0 radical (unpaired) electrons. The normalized spacial score (nSPS) is 10.6. The van der Waals surface area contributed by atoms with Crippen molar-refractivity contribution in [3.05, 3.63) is 0 Å². The first-order chi connectivity index (χ1) is 9.74. The molecule has 0 aliphatic carbocycles. The number of hydrogen-bond acceptors (Lipinski definition) is 8. The van der Waals surface area contributed by atoms with E-state index in [0.717, 1.165) is 0 Å². The van der Waals surface area contributed by atoms with Crippen molar-refractivity contribution in [3.8, 4) is 0 Å². The number of nitrogens with zero attached hydrogens (tertiary/aromatic N) is 2. The van der Waals surface area contributed by atoms with Crippen LogP contribution < -0.4 is 17.4 Å². The Morgan fingerprint density at radius 2 is 1.29 bits per heavy atom. The number of hydrogen-bond donors (Lipinski definition) is 4. The molecule has 11 heteroatoms. The van der Waals surface area contributed by atoms with E-state index in [2.05, 4.69) is 4.84 Å². The van der Waals surface area contributed by atoms with Crippen molar-refractivity contribution >= 4 is 23.8 Å². The molecule has 0 spiro atoms. The van der Waals surface area contributed by atoms with Gasteiger partial charge in [-0.1, -0.05) is 0 Å². The number of amides is 2. The van der Waals surface area contributed by atoms with Gasteiger partial charge in [0.05, 0.1) is 26.2 Å². The molecule has 0 aromatic carbocycles. The number of rotatable bonds is 11. The Kier molecular flexibility index (Phi) is 8.60. The molecule has 7 N–H and O–H groups in total. The summed E-state index contributed by atoms with van der Waals surface area (Å²) in [4.78, 5) is 50.0. The van der Waals surface area contributed by atoms with Crippen LogP contribution in [-0.2, 0) is 24.0 Å². The highest BCUT2D eigenvalue weighted by atomic mass is 16.7. The Hall–Kier alpha value is -2.24. The molecule has 0 fully saturated rings. The predicted molar refractivity (Wildman–Crippen MR) is 69.2 cm³/mol. The van der Waals surface area contributed by atoms with Crippen LogP contribution in [0.1, 0.15) is 0 Å². The molecule has 2 amide bonds. The van der Waals surface area contributed by atoms with Crippen molar-refractivity contribution in [3.63, 3.8) is 0 Å². The molecule has 0 bridgehead atoms. The zero-order valence-corrected chi connectivity index (χ0v) is 11.4. The smallest absolute Gasteiger partial charge is 0.338 e. The summed E-state index contributed by atoms with van der Waals surface area (Å²) in [6, 6.07) is 0. The molecule has 0 saturated heterocycles. The molecule has 0 rings (SSSR count). The Bertz CT molecular complexity index is 385. The van der Waals surface area contributed by atoms with Crippen LogP contribution in [0, 0.1) is 0 Å². The second-order valence-corrected chi connectivity index (χ2v) is 4.24. The molecule has 21 heavy (non-hydrogen) atoms. The van der Waals surface area contributed by atoms with Crippen LogP contribution in [0.5, 0.6) is 0 Å². The molecule has 0 saturated carbocycles. The Morgan fingerprint density at radius 3 is 1.62 bits per heavy atom. The third kappa shape index (κ3) is 10.2. The minimum atomic E-state index is -1.14. The lowest BCUT2D eigenvalue weighted by Gasteiger charge is -2.24. The minimum absolute atomic E-state index is 0.0837. The van der Waals surface area contributed by atoms with Crippen molar-refractivity contribution < 1.29 is 29.1 Å². The second kappa shape index (κ2) is 9.63. The summed E-state index contributed by atoms with van der Waals surface area (Å²) in [5, 5.41) is 8.72. The largest absolute Gasteiger partial charge is 0.480 e. The van der Waals surface area contributed by atoms with E-state index in [1.54, 1.807) is 0 Å². The molecular weight excluding hydrogens is 286 g/mol. The lowest BCUT2D eigenvalue weighted by atomic mass is 10.3. The van der Waals surface area contributed by atoms with Gasteiger partial charge in [-0.2, -0.15) is 5.90 Å². The van der Waals surface area contributed by atoms with E-state index in [1.807, 2.05) is 0 Å². The number of aliphatic carboxylic acids is 1. The first kappa shape index (κ1) is 18.8. The topological polar surface area (TPSA) is 182 Å². The van der Waals surface area contributed by atoms with E-state index in [4.69, 9.17) is 22.5 Å². The summed E-state index contributed by atoms with van der Waals surface area (Å²) >= 11 is 0. The highest BCUT2D eigenvalue weighted by Crippen LogP contribution is 1.94. The summed E-state index contributed by atoms with van der Waals surface area (Å²) in [6.07, 6.45) is 0. The Morgan fingerprint density at radius 1 is 0.857 bits per heavy atom. The lowest BCUT2D eigenvalue weighted by molar-refractivity contribution is -0.146. The Labute approximate surface area is 120 Å². The molecular formula is C10H19N5O6. The molecule has 0 heterocycles. The number of carboxylic acids is 1. The van der Waals surface area contributed by atoms with E-state index in [0.29, 0.717) is 0 Å². The molecule has 0 aliphatic rings. The lowest BCUT2D eigenvalue weighted by Crippen LogP contribution is -2.45. The average Bonchev–Trinajstić information content (AvgIpc) is 2.33. The standard InChI is InChI=1S/C10H19N5O6/c11-7(16)3-14(5-9(18)19)1-2-15(4-8(12)17)6-10(20)21-13/h1-6,13H2,(H2,11,16)(H2,12,17)(H,18,19). The van der Waals surface area contributed by atoms with Crippen LogP contribution >= 0.6 is 0 Å². The van der Waals surface area contributed by atoms with Gasteiger partial charge in [-0.25, -0.2) is 4.79 Å². The number of carbonyl (C=O) groups is 4. The summed E-state index contributed by atoms with van der Waals surface area (Å²) in [5.41, 5.74) is 10.0. The highest BCUT2D eigenvalue weighted by Gasteiger charge is 2.17. The summed E-state index contributed by atoms with van der Waals surface area (Å²) in [7, 11) is 0. The van der Waals surface area contributed by atoms with E-state index >= 15 is 0 Å². The van der Waals surface area contributed by atoms with Crippen LogP contribution in [0.4, 0.5) is 0 Å².